The van der Waals surface area contributed by atoms with Gasteiger partial charge in [0.25, 0.3) is 6.47 Å². The van der Waals surface area contributed by atoms with Gasteiger partial charge in [0.2, 0.25) is 0 Å². The van der Waals surface area contributed by atoms with Crippen LogP contribution < -0.4 is 10.9 Å². The molecule has 0 bridgehead atoms. The van der Waals surface area contributed by atoms with Crippen molar-refractivity contribution in [3.63, 3.8) is 0 Å². The van der Waals surface area contributed by atoms with E-state index in [-0.39, 0.29) is 6.47 Å². The number of hydrazine groups is 1. The van der Waals surface area contributed by atoms with E-state index in [0.29, 0.717) is 13.2 Å². The predicted octanol–water partition coefficient (Wildman–Crippen LogP) is 2.27. The molecule has 0 amide bonds. The highest BCUT2D eigenvalue weighted by molar-refractivity contribution is 5.32. The first kappa shape index (κ1) is 19.1. The van der Waals surface area contributed by atoms with Crippen molar-refractivity contribution in [2.75, 3.05) is 19.8 Å². The normalized spacial score (nSPS) is 15.2. The van der Waals surface area contributed by atoms with Gasteiger partial charge in [-0.2, -0.15) is 0 Å². The van der Waals surface area contributed by atoms with Gasteiger partial charge in [0.05, 0.1) is 13.2 Å². The Kier molecular flexibility index (Phi) is 8.08. The molecular weight excluding hydrogens is 320 g/mol. The SMILES string of the molecule is O=CO.c1ccc(CNNCCC2(c3ccccc3)OCCO2)cc1. The van der Waals surface area contributed by atoms with E-state index in [4.69, 9.17) is 19.4 Å². The Bertz CT molecular complexity index is 601. The van der Waals surface area contributed by atoms with Crippen molar-refractivity contribution in [3.05, 3.63) is 71.8 Å². The molecule has 1 aliphatic heterocycles. The third-order valence-electron chi connectivity index (χ3n) is 3.81. The van der Waals surface area contributed by atoms with Crippen molar-refractivity contribution in [2.45, 2.75) is 18.8 Å². The van der Waals surface area contributed by atoms with Gasteiger partial charge in [0.15, 0.2) is 5.79 Å². The number of rotatable bonds is 7. The lowest BCUT2D eigenvalue weighted by atomic mass is 10.0. The highest BCUT2D eigenvalue weighted by Gasteiger charge is 2.37. The van der Waals surface area contributed by atoms with E-state index in [1.54, 1.807) is 0 Å². The molecule has 3 rings (SSSR count). The zero-order valence-corrected chi connectivity index (χ0v) is 14.1. The Morgan fingerprint density at radius 3 is 2.12 bits per heavy atom. The molecule has 134 valence electrons. The summed E-state index contributed by atoms with van der Waals surface area (Å²) in [5.74, 6) is -0.608. The van der Waals surface area contributed by atoms with Crippen LogP contribution in [0.1, 0.15) is 17.5 Å². The lowest BCUT2D eigenvalue weighted by Crippen LogP contribution is -2.37. The van der Waals surface area contributed by atoms with Gasteiger partial charge < -0.3 is 14.6 Å². The van der Waals surface area contributed by atoms with Crippen molar-refractivity contribution < 1.29 is 19.4 Å². The maximum atomic E-state index is 8.36. The van der Waals surface area contributed by atoms with Gasteiger partial charge in [-0.1, -0.05) is 60.7 Å². The first-order chi connectivity index (χ1) is 12.3. The van der Waals surface area contributed by atoms with Crippen molar-refractivity contribution in [2.24, 2.45) is 0 Å². The van der Waals surface area contributed by atoms with Crippen LogP contribution in [0.25, 0.3) is 0 Å². The van der Waals surface area contributed by atoms with Gasteiger partial charge in [0, 0.05) is 25.1 Å². The summed E-state index contributed by atoms with van der Waals surface area (Å²) in [7, 11) is 0. The molecule has 3 N–H and O–H groups in total. The molecule has 25 heavy (non-hydrogen) atoms. The lowest BCUT2D eigenvalue weighted by Gasteiger charge is -2.28. The van der Waals surface area contributed by atoms with Gasteiger partial charge in [-0.3, -0.25) is 15.6 Å². The molecule has 2 aromatic carbocycles. The fraction of sp³-hybridized carbons (Fsp3) is 0.316. The zero-order chi connectivity index (χ0) is 17.8. The lowest BCUT2D eigenvalue weighted by molar-refractivity contribution is -0.170. The molecule has 0 unspecified atom stereocenters. The summed E-state index contributed by atoms with van der Waals surface area (Å²) in [6.07, 6.45) is 0.763. The summed E-state index contributed by atoms with van der Waals surface area (Å²) in [5, 5.41) is 6.89. The average Bonchev–Trinajstić information content (AvgIpc) is 3.14. The van der Waals surface area contributed by atoms with Gasteiger partial charge >= 0.3 is 0 Å². The monoisotopic (exact) mass is 344 g/mol. The minimum atomic E-state index is -0.608. The second-order valence-electron chi connectivity index (χ2n) is 5.44. The van der Waals surface area contributed by atoms with Crippen LogP contribution in [-0.4, -0.2) is 31.3 Å². The molecular formula is C19H24N2O4. The molecule has 2 aromatic rings. The van der Waals surface area contributed by atoms with Crippen LogP contribution in [0.4, 0.5) is 0 Å². The highest BCUT2D eigenvalue weighted by Crippen LogP contribution is 2.34. The number of hydrogen-bond donors (Lipinski definition) is 3. The summed E-state index contributed by atoms with van der Waals surface area (Å²) in [4.78, 5) is 8.36. The molecule has 0 atom stereocenters. The van der Waals surface area contributed by atoms with E-state index in [9.17, 15) is 0 Å². The van der Waals surface area contributed by atoms with E-state index in [1.165, 1.54) is 5.56 Å². The van der Waals surface area contributed by atoms with Crippen LogP contribution in [-0.2, 0) is 26.6 Å². The first-order valence-corrected chi connectivity index (χ1v) is 8.22. The summed E-state index contributed by atoms with van der Waals surface area (Å²) in [6, 6.07) is 20.5. The smallest absolute Gasteiger partial charge is 0.290 e. The van der Waals surface area contributed by atoms with Gasteiger partial charge in [-0.05, 0) is 5.56 Å². The molecule has 0 aliphatic carbocycles. The summed E-state index contributed by atoms with van der Waals surface area (Å²) >= 11 is 0. The molecule has 0 saturated carbocycles. The summed E-state index contributed by atoms with van der Waals surface area (Å²) in [6.45, 7) is 2.60. The van der Waals surface area contributed by atoms with Gasteiger partial charge in [-0.25, -0.2) is 0 Å². The second kappa shape index (κ2) is 10.6. The van der Waals surface area contributed by atoms with E-state index in [0.717, 1.165) is 25.1 Å². The van der Waals surface area contributed by atoms with Crippen molar-refractivity contribution in [3.8, 4) is 0 Å². The van der Waals surface area contributed by atoms with E-state index < -0.39 is 5.79 Å². The van der Waals surface area contributed by atoms with Gasteiger partial charge in [0.1, 0.15) is 0 Å². The minimum Gasteiger partial charge on any atom is -0.483 e. The first-order valence-electron chi connectivity index (χ1n) is 8.22. The number of carbonyl (C=O) groups is 1. The van der Waals surface area contributed by atoms with Crippen LogP contribution in [0.15, 0.2) is 60.7 Å². The minimum absolute atomic E-state index is 0.250. The Morgan fingerprint density at radius 2 is 1.52 bits per heavy atom. The third kappa shape index (κ3) is 5.95. The molecule has 6 heteroatoms. The fourth-order valence-electron chi connectivity index (χ4n) is 2.68. The van der Waals surface area contributed by atoms with Crippen LogP contribution in [0.2, 0.25) is 0 Å². The molecule has 0 spiro atoms. The van der Waals surface area contributed by atoms with Crippen molar-refractivity contribution in [1.82, 2.24) is 10.9 Å². The average molecular weight is 344 g/mol. The summed E-state index contributed by atoms with van der Waals surface area (Å²) < 4.78 is 11.8. The second-order valence-corrected chi connectivity index (χ2v) is 5.44. The largest absolute Gasteiger partial charge is 0.483 e. The maximum absolute atomic E-state index is 8.36. The predicted molar refractivity (Wildman–Crippen MR) is 94.6 cm³/mol. The topological polar surface area (TPSA) is 79.8 Å². The molecule has 1 heterocycles. The third-order valence-corrected chi connectivity index (χ3v) is 3.81. The Morgan fingerprint density at radius 1 is 0.960 bits per heavy atom. The van der Waals surface area contributed by atoms with Crippen molar-refractivity contribution in [1.29, 1.82) is 0 Å². The molecule has 1 aliphatic rings. The van der Waals surface area contributed by atoms with Crippen LogP contribution in [0, 0.1) is 0 Å². The van der Waals surface area contributed by atoms with E-state index in [2.05, 4.69) is 35.1 Å². The van der Waals surface area contributed by atoms with Crippen LogP contribution in [0.5, 0.6) is 0 Å². The Balaban J connectivity index is 0.000000701. The van der Waals surface area contributed by atoms with E-state index in [1.807, 2.05) is 36.4 Å². The fourth-order valence-corrected chi connectivity index (χ4v) is 2.68. The maximum Gasteiger partial charge on any atom is 0.290 e. The number of ether oxygens (including phenoxy) is 2. The number of benzene rings is 2. The highest BCUT2D eigenvalue weighted by atomic mass is 16.7. The molecule has 1 fully saturated rings. The molecule has 0 radical (unpaired) electrons. The standard InChI is InChI=1S/C18H22N2O2.CH2O2/c1-3-7-16(8-4-1)15-20-19-12-11-18(21-13-14-22-18)17-9-5-2-6-10-17;2-1-3/h1-10,19-20H,11-15H2;1H,(H,2,3). The molecule has 0 aromatic heterocycles. The number of carboxylic acid groups (broad SMARTS) is 1. The Labute approximate surface area is 147 Å². The summed E-state index contributed by atoms with van der Waals surface area (Å²) in [5.41, 5.74) is 8.81. The van der Waals surface area contributed by atoms with Gasteiger partial charge in [-0.15, -0.1) is 0 Å². The Hall–Kier alpha value is -2.25. The quantitative estimate of drug-likeness (QED) is 0.406. The van der Waals surface area contributed by atoms with Crippen LogP contribution >= 0.6 is 0 Å². The van der Waals surface area contributed by atoms with Crippen molar-refractivity contribution >= 4 is 6.47 Å². The molecule has 6 nitrogen and oxygen atoms in total. The zero-order valence-electron chi connectivity index (χ0n) is 14.1. The molecule has 1 saturated heterocycles. The number of nitrogens with one attached hydrogen (secondary N) is 2. The van der Waals surface area contributed by atoms with E-state index >= 15 is 0 Å². The number of hydrogen-bond acceptors (Lipinski definition) is 5. The van der Waals surface area contributed by atoms with Crippen LogP contribution in [0.3, 0.4) is 0 Å².